The van der Waals surface area contributed by atoms with Gasteiger partial charge in [-0.15, -0.1) is 0 Å². The number of nitrogens with zero attached hydrogens (tertiary/aromatic N) is 2. The molecule has 3 aromatic heterocycles. The average Bonchev–Trinajstić information content (AvgIpc) is 2.87. The summed E-state index contributed by atoms with van der Waals surface area (Å²) in [6.07, 6.45) is 5.73. The second-order valence-corrected chi connectivity index (χ2v) is 5.81. The maximum atomic E-state index is 6.13. The Labute approximate surface area is 128 Å². The monoisotopic (exact) mass is 289 g/mol. The van der Waals surface area contributed by atoms with Crippen molar-refractivity contribution in [3.8, 4) is 11.3 Å². The molecule has 0 fully saturated rings. The summed E-state index contributed by atoms with van der Waals surface area (Å²) in [6, 6.07) is 10.6. The van der Waals surface area contributed by atoms with Gasteiger partial charge in [0.15, 0.2) is 11.8 Å². The van der Waals surface area contributed by atoms with E-state index in [-0.39, 0.29) is 0 Å². The van der Waals surface area contributed by atoms with Gasteiger partial charge in [0.1, 0.15) is 12.6 Å². The van der Waals surface area contributed by atoms with Crippen molar-refractivity contribution >= 4 is 21.9 Å². The van der Waals surface area contributed by atoms with Crippen molar-refractivity contribution in [2.75, 3.05) is 0 Å². The first-order valence-corrected chi connectivity index (χ1v) is 7.37. The van der Waals surface area contributed by atoms with Gasteiger partial charge in [-0.3, -0.25) is 4.98 Å². The molecule has 4 aromatic rings. The topological polar surface area (TPSA) is 29.9 Å². The van der Waals surface area contributed by atoms with Crippen LogP contribution in [0.15, 0.2) is 53.3 Å². The van der Waals surface area contributed by atoms with Crippen molar-refractivity contribution in [3.63, 3.8) is 0 Å². The summed E-state index contributed by atoms with van der Waals surface area (Å²) in [4.78, 5) is 4.16. The minimum atomic E-state index is 0.833. The Balaban J connectivity index is 2.14. The highest BCUT2D eigenvalue weighted by molar-refractivity contribution is 6.09. The normalized spacial score (nSPS) is 11.4. The van der Waals surface area contributed by atoms with Crippen LogP contribution in [0.25, 0.3) is 33.2 Å². The number of rotatable bonds is 1. The second kappa shape index (κ2) is 4.67. The third-order valence-corrected chi connectivity index (χ3v) is 4.19. The van der Waals surface area contributed by atoms with Crippen molar-refractivity contribution in [1.29, 1.82) is 0 Å². The van der Waals surface area contributed by atoms with Crippen LogP contribution in [-0.4, -0.2) is 4.98 Å². The number of fused-ring (bicyclic) bond motifs is 3. The Morgan fingerprint density at radius 1 is 1.00 bits per heavy atom. The first-order valence-electron chi connectivity index (χ1n) is 7.37. The highest BCUT2D eigenvalue weighted by atomic mass is 16.3. The van der Waals surface area contributed by atoms with Crippen LogP contribution in [0.3, 0.4) is 0 Å². The molecule has 3 nitrogen and oxygen atoms in total. The van der Waals surface area contributed by atoms with Gasteiger partial charge in [0.2, 0.25) is 5.69 Å². The van der Waals surface area contributed by atoms with Crippen molar-refractivity contribution in [2.24, 2.45) is 7.05 Å². The Kier molecular flexibility index (Phi) is 2.76. The molecule has 0 saturated heterocycles. The smallest absolute Gasteiger partial charge is 0.216 e. The zero-order chi connectivity index (χ0) is 15.3. The second-order valence-electron chi connectivity index (χ2n) is 5.81. The Morgan fingerprint density at radius 2 is 1.86 bits per heavy atom. The van der Waals surface area contributed by atoms with Gasteiger partial charge in [0.05, 0.1) is 11.8 Å². The number of hydrogen-bond acceptors (Lipinski definition) is 2. The minimum absolute atomic E-state index is 0.833. The lowest BCUT2D eigenvalue weighted by Crippen LogP contribution is -2.31. The maximum absolute atomic E-state index is 6.13. The number of aromatic nitrogens is 2. The lowest BCUT2D eigenvalue weighted by atomic mass is 10.0. The molecule has 0 amide bonds. The molecule has 0 bridgehead atoms. The van der Waals surface area contributed by atoms with Gasteiger partial charge in [-0.05, 0) is 31.5 Å². The summed E-state index contributed by atoms with van der Waals surface area (Å²) in [5, 5.41) is 2.25. The van der Waals surface area contributed by atoms with Crippen LogP contribution < -0.4 is 4.57 Å². The molecule has 108 valence electrons. The van der Waals surface area contributed by atoms with Gasteiger partial charge in [-0.1, -0.05) is 12.1 Å². The predicted molar refractivity (Wildman–Crippen MR) is 87.6 cm³/mol. The van der Waals surface area contributed by atoms with Crippen LogP contribution in [0.4, 0.5) is 0 Å². The summed E-state index contributed by atoms with van der Waals surface area (Å²) >= 11 is 0. The zero-order valence-corrected chi connectivity index (χ0v) is 12.9. The Morgan fingerprint density at radius 3 is 2.68 bits per heavy atom. The van der Waals surface area contributed by atoms with E-state index < -0.39 is 0 Å². The predicted octanol–water partition coefficient (Wildman–Crippen LogP) is 4.09. The van der Waals surface area contributed by atoms with Gasteiger partial charge in [0.25, 0.3) is 0 Å². The van der Waals surface area contributed by atoms with Crippen molar-refractivity contribution in [1.82, 2.24) is 4.98 Å². The van der Waals surface area contributed by atoms with E-state index in [4.69, 9.17) is 4.42 Å². The number of aryl methyl sites for hydroxylation is 3. The summed E-state index contributed by atoms with van der Waals surface area (Å²) in [5.41, 5.74) is 6.52. The van der Waals surface area contributed by atoms with E-state index in [1.54, 1.807) is 6.20 Å². The number of hydrogen-bond donors (Lipinski definition) is 0. The first-order chi connectivity index (χ1) is 10.6. The number of benzene rings is 1. The molecule has 0 spiro atoms. The van der Waals surface area contributed by atoms with Crippen molar-refractivity contribution in [2.45, 2.75) is 13.8 Å². The quantitative estimate of drug-likeness (QED) is 0.494. The largest absolute Gasteiger partial charge is 0.454 e. The Hall–Kier alpha value is -2.68. The highest BCUT2D eigenvalue weighted by Crippen LogP contribution is 2.36. The number of furan rings is 1. The lowest BCUT2D eigenvalue weighted by Gasteiger charge is -2.05. The molecule has 0 aliphatic rings. The third kappa shape index (κ3) is 1.82. The molecule has 4 rings (SSSR count). The van der Waals surface area contributed by atoms with Crippen LogP contribution in [0.2, 0.25) is 0 Å². The average molecular weight is 289 g/mol. The molecule has 22 heavy (non-hydrogen) atoms. The van der Waals surface area contributed by atoms with Crippen LogP contribution in [0, 0.1) is 13.8 Å². The fraction of sp³-hybridized carbons (Fsp3) is 0.158. The van der Waals surface area contributed by atoms with Gasteiger partial charge >= 0.3 is 0 Å². The molecule has 0 atom stereocenters. The molecule has 3 heterocycles. The van der Waals surface area contributed by atoms with E-state index in [1.165, 1.54) is 11.1 Å². The van der Waals surface area contributed by atoms with Gasteiger partial charge in [-0.2, -0.15) is 0 Å². The molecule has 0 radical (unpaired) electrons. The van der Waals surface area contributed by atoms with Gasteiger partial charge in [-0.25, -0.2) is 4.57 Å². The molecule has 0 unspecified atom stereocenters. The standard InChI is InChI=1S/C19H17N2O/c1-12-4-7-16(21(3)11-12)18-13(2)5-6-15-14-8-9-20-10-17(14)22-19(15)18/h4-11H,1-3H3/q+1. The molecule has 1 aromatic carbocycles. The van der Waals surface area contributed by atoms with Crippen LogP contribution in [0.5, 0.6) is 0 Å². The number of pyridine rings is 2. The summed E-state index contributed by atoms with van der Waals surface area (Å²) in [7, 11) is 2.07. The summed E-state index contributed by atoms with van der Waals surface area (Å²) < 4.78 is 8.28. The van der Waals surface area contributed by atoms with Gasteiger partial charge in [0, 0.05) is 28.6 Å². The lowest BCUT2D eigenvalue weighted by molar-refractivity contribution is -0.660. The molecule has 0 aliphatic heterocycles. The molecular formula is C19H17N2O+. The highest BCUT2D eigenvalue weighted by Gasteiger charge is 2.20. The fourth-order valence-electron chi connectivity index (χ4n) is 3.12. The maximum Gasteiger partial charge on any atom is 0.216 e. The van der Waals surface area contributed by atoms with Crippen LogP contribution in [0.1, 0.15) is 11.1 Å². The van der Waals surface area contributed by atoms with Crippen LogP contribution in [-0.2, 0) is 7.05 Å². The minimum Gasteiger partial charge on any atom is -0.454 e. The molecule has 0 aliphatic carbocycles. The molecule has 0 saturated carbocycles. The van der Waals surface area contributed by atoms with E-state index in [9.17, 15) is 0 Å². The van der Waals surface area contributed by atoms with E-state index in [2.05, 4.69) is 60.9 Å². The van der Waals surface area contributed by atoms with E-state index in [1.807, 2.05) is 12.3 Å². The van der Waals surface area contributed by atoms with Crippen molar-refractivity contribution in [3.05, 3.63) is 60.0 Å². The van der Waals surface area contributed by atoms with E-state index >= 15 is 0 Å². The summed E-state index contributed by atoms with van der Waals surface area (Å²) in [6.45, 7) is 4.23. The van der Waals surface area contributed by atoms with Crippen LogP contribution >= 0.6 is 0 Å². The van der Waals surface area contributed by atoms with E-state index in [0.29, 0.717) is 0 Å². The molecule has 3 heteroatoms. The molecular weight excluding hydrogens is 272 g/mol. The molecule has 0 N–H and O–H groups in total. The SMILES string of the molecule is Cc1ccc(-c2c(C)ccc3c2oc2cnccc23)[n+](C)c1. The fourth-order valence-corrected chi connectivity index (χ4v) is 3.12. The summed E-state index contributed by atoms with van der Waals surface area (Å²) in [5.74, 6) is 0. The van der Waals surface area contributed by atoms with Crippen molar-refractivity contribution < 1.29 is 8.98 Å². The first kappa shape index (κ1) is 13.0. The Bertz CT molecular complexity index is 1010. The third-order valence-electron chi connectivity index (χ3n) is 4.19. The van der Waals surface area contributed by atoms with Gasteiger partial charge < -0.3 is 4.42 Å². The zero-order valence-electron chi connectivity index (χ0n) is 12.9. The van der Waals surface area contributed by atoms with E-state index in [0.717, 1.165) is 33.2 Å².